The van der Waals surface area contributed by atoms with Crippen LogP contribution < -0.4 is 19.8 Å². The van der Waals surface area contributed by atoms with Gasteiger partial charge in [-0.1, -0.05) is 32.9 Å². The first kappa shape index (κ1) is 27.7. The van der Waals surface area contributed by atoms with Crippen LogP contribution in [-0.4, -0.2) is 48.2 Å². The lowest BCUT2D eigenvalue weighted by Crippen LogP contribution is -2.40. The lowest BCUT2D eigenvalue weighted by Gasteiger charge is -2.34. The second-order valence-corrected chi connectivity index (χ2v) is 9.70. The van der Waals surface area contributed by atoms with Gasteiger partial charge in [-0.2, -0.15) is 0 Å². The zero-order valence-electron chi connectivity index (χ0n) is 23.3. The van der Waals surface area contributed by atoms with Crippen LogP contribution in [0.2, 0.25) is 0 Å². The molecular weight excluding hydrogens is 494 g/mol. The first-order valence-electron chi connectivity index (χ1n) is 13.0. The quantitative estimate of drug-likeness (QED) is 0.264. The Morgan fingerprint density at radius 3 is 2.08 bits per heavy atom. The zero-order chi connectivity index (χ0) is 28.1. The molecule has 4 rings (SSSR count). The summed E-state index contributed by atoms with van der Waals surface area (Å²) in [6.07, 6.45) is 0.542. The molecule has 0 bridgehead atoms. The van der Waals surface area contributed by atoms with E-state index in [9.17, 15) is 9.59 Å². The largest absolute Gasteiger partial charge is 0.497 e. The normalized spacial score (nSPS) is 11.9. The summed E-state index contributed by atoms with van der Waals surface area (Å²) < 4.78 is 17.8. The van der Waals surface area contributed by atoms with Gasteiger partial charge in [0.25, 0.3) is 11.5 Å². The lowest BCUT2D eigenvalue weighted by molar-refractivity contribution is 0.0630. The van der Waals surface area contributed by atoms with Crippen LogP contribution in [0.4, 0.5) is 0 Å². The van der Waals surface area contributed by atoms with Gasteiger partial charge in [-0.15, -0.1) is 0 Å². The third-order valence-electron chi connectivity index (χ3n) is 6.61. The van der Waals surface area contributed by atoms with Gasteiger partial charge < -0.3 is 19.1 Å². The van der Waals surface area contributed by atoms with Gasteiger partial charge in [0.2, 0.25) is 0 Å². The average Bonchev–Trinajstić information content (AvgIpc) is 2.96. The van der Waals surface area contributed by atoms with Gasteiger partial charge in [-0.25, -0.2) is 4.98 Å². The molecule has 0 aliphatic heterocycles. The van der Waals surface area contributed by atoms with E-state index in [4.69, 9.17) is 19.2 Å². The molecule has 0 N–H and O–H groups in total. The van der Waals surface area contributed by atoms with Crippen LogP contribution >= 0.6 is 0 Å². The van der Waals surface area contributed by atoms with Crippen molar-refractivity contribution in [3.63, 3.8) is 0 Å². The molecule has 3 aromatic carbocycles. The van der Waals surface area contributed by atoms with Crippen LogP contribution in [0.1, 0.15) is 49.4 Å². The van der Waals surface area contributed by atoms with E-state index in [0.717, 1.165) is 0 Å². The highest BCUT2D eigenvalue weighted by Gasteiger charge is 2.31. The molecule has 39 heavy (non-hydrogen) atoms. The minimum atomic E-state index is -0.489. The topological polar surface area (TPSA) is 82.9 Å². The molecule has 8 heteroatoms. The van der Waals surface area contributed by atoms with Crippen molar-refractivity contribution in [3.8, 4) is 22.9 Å². The van der Waals surface area contributed by atoms with E-state index in [1.54, 1.807) is 67.2 Å². The van der Waals surface area contributed by atoms with Crippen molar-refractivity contribution >= 4 is 16.8 Å². The van der Waals surface area contributed by atoms with Crippen molar-refractivity contribution in [1.29, 1.82) is 0 Å². The van der Waals surface area contributed by atoms with Crippen molar-refractivity contribution in [1.82, 2.24) is 14.5 Å². The maximum Gasteiger partial charge on any atom is 0.266 e. The van der Waals surface area contributed by atoms with Crippen LogP contribution in [0.3, 0.4) is 0 Å². The van der Waals surface area contributed by atoms with Gasteiger partial charge in [0, 0.05) is 18.2 Å². The van der Waals surface area contributed by atoms with Crippen molar-refractivity contribution in [3.05, 3.63) is 88.5 Å². The molecule has 1 unspecified atom stereocenters. The Morgan fingerprint density at radius 1 is 0.897 bits per heavy atom. The van der Waals surface area contributed by atoms with Gasteiger partial charge in [-0.05, 0) is 60.9 Å². The maximum atomic E-state index is 14.2. The molecule has 204 valence electrons. The standard InChI is InChI=1S/C31H35N3O5/c1-7-28(33(19-20(2)3)30(35)21-16-24(38-5)18-25(17-21)39-6)29-32-27-11-9-8-10-26(27)31(36)34(29)22-12-14-23(37-4)15-13-22/h8-18,20,28H,7,19H2,1-6H3. The van der Waals surface area contributed by atoms with Gasteiger partial charge in [0.1, 0.15) is 23.1 Å². The van der Waals surface area contributed by atoms with E-state index in [1.165, 1.54) is 0 Å². The summed E-state index contributed by atoms with van der Waals surface area (Å²) in [6.45, 7) is 6.58. The second kappa shape index (κ2) is 12.0. The molecule has 8 nitrogen and oxygen atoms in total. The molecule has 4 aromatic rings. The first-order valence-corrected chi connectivity index (χ1v) is 13.0. The molecule has 0 radical (unpaired) electrons. The van der Waals surface area contributed by atoms with Crippen LogP contribution in [0.15, 0.2) is 71.5 Å². The first-order chi connectivity index (χ1) is 18.8. The van der Waals surface area contributed by atoms with E-state index in [0.29, 0.717) is 58.2 Å². The summed E-state index contributed by atoms with van der Waals surface area (Å²) in [7, 11) is 4.70. The Labute approximate surface area is 228 Å². The Hall–Kier alpha value is -4.33. The van der Waals surface area contributed by atoms with Crippen LogP contribution in [0.25, 0.3) is 16.6 Å². The number of fused-ring (bicyclic) bond motifs is 1. The molecule has 0 saturated heterocycles. The Balaban J connectivity index is 1.94. The molecule has 0 aliphatic carbocycles. The molecule has 1 heterocycles. The van der Waals surface area contributed by atoms with Crippen molar-refractivity contribution < 1.29 is 19.0 Å². The van der Waals surface area contributed by atoms with E-state index >= 15 is 0 Å². The van der Waals surface area contributed by atoms with E-state index in [-0.39, 0.29) is 17.4 Å². The number of benzene rings is 3. The van der Waals surface area contributed by atoms with Gasteiger partial charge in [0.05, 0.1) is 44.0 Å². The number of nitrogens with zero attached hydrogens (tertiary/aromatic N) is 3. The number of hydrogen-bond donors (Lipinski definition) is 0. The molecule has 1 atom stereocenters. The monoisotopic (exact) mass is 529 g/mol. The molecule has 1 aromatic heterocycles. The number of ether oxygens (including phenoxy) is 3. The van der Waals surface area contributed by atoms with E-state index < -0.39 is 6.04 Å². The average molecular weight is 530 g/mol. The summed E-state index contributed by atoms with van der Waals surface area (Å²) in [6, 6.07) is 19.2. The number of methoxy groups -OCH3 is 3. The third-order valence-corrected chi connectivity index (χ3v) is 6.61. The number of hydrogen-bond acceptors (Lipinski definition) is 6. The molecule has 0 fully saturated rings. The van der Waals surface area contributed by atoms with Crippen molar-refractivity contribution in [2.45, 2.75) is 33.2 Å². The van der Waals surface area contributed by atoms with Crippen LogP contribution in [0.5, 0.6) is 17.2 Å². The summed E-state index contributed by atoms with van der Waals surface area (Å²) in [5.74, 6) is 2.19. The molecule has 0 spiro atoms. The fourth-order valence-electron chi connectivity index (χ4n) is 4.74. The summed E-state index contributed by atoms with van der Waals surface area (Å²) >= 11 is 0. The molecule has 1 amide bonds. The molecule has 0 saturated carbocycles. The predicted octanol–water partition coefficient (Wildman–Crippen LogP) is 5.66. The van der Waals surface area contributed by atoms with E-state index in [1.807, 2.05) is 37.3 Å². The summed E-state index contributed by atoms with van der Waals surface area (Å²) in [5, 5.41) is 0.506. The third kappa shape index (κ3) is 5.74. The zero-order valence-corrected chi connectivity index (χ0v) is 23.3. The van der Waals surface area contributed by atoms with Crippen molar-refractivity contribution in [2.24, 2.45) is 5.92 Å². The van der Waals surface area contributed by atoms with E-state index in [2.05, 4.69) is 13.8 Å². The predicted molar refractivity (Wildman–Crippen MR) is 152 cm³/mol. The fraction of sp³-hybridized carbons (Fsp3) is 0.323. The Morgan fingerprint density at radius 2 is 1.51 bits per heavy atom. The number of amides is 1. The summed E-state index contributed by atoms with van der Waals surface area (Å²) in [4.78, 5) is 34.9. The number of carbonyl (C=O) groups is 1. The SMILES string of the molecule is CCC(c1nc2ccccc2c(=O)n1-c1ccc(OC)cc1)N(CC(C)C)C(=O)c1cc(OC)cc(OC)c1. The fourth-order valence-corrected chi connectivity index (χ4v) is 4.74. The minimum absolute atomic E-state index is 0.164. The molecular formula is C31H35N3O5. The highest BCUT2D eigenvalue weighted by Crippen LogP contribution is 2.31. The lowest BCUT2D eigenvalue weighted by atomic mass is 10.0. The number of carbonyl (C=O) groups excluding carboxylic acids is 1. The molecule has 0 aliphatic rings. The van der Waals surface area contributed by atoms with Gasteiger partial charge in [-0.3, -0.25) is 14.2 Å². The smallest absolute Gasteiger partial charge is 0.266 e. The van der Waals surface area contributed by atoms with Crippen LogP contribution in [-0.2, 0) is 0 Å². The Kier molecular flexibility index (Phi) is 8.54. The number of aromatic nitrogens is 2. The highest BCUT2D eigenvalue weighted by atomic mass is 16.5. The summed E-state index contributed by atoms with van der Waals surface area (Å²) in [5.41, 5.74) is 1.47. The van der Waals surface area contributed by atoms with Gasteiger partial charge >= 0.3 is 0 Å². The van der Waals surface area contributed by atoms with Crippen LogP contribution in [0, 0.1) is 5.92 Å². The van der Waals surface area contributed by atoms with Crippen molar-refractivity contribution in [2.75, 3.05) is 27.9 Å². The Bertz CT molecular complexity index is 1490. The minimum Gasteiger partial charge on any atom is -0.497 e. The second-order valence-electron chi connectivity index (χ2n) is 9.70. The highest BCUT2D eigenvalue weighted by molar-refractivity contribution is 5.95. The number of para-hydroxylation sites is 1. The van der Waals surface area contributed by atoms with Gasteiger partial charge in [0.15, 0.2) is 0 Å². The number of rotatable bonds is 10. The maximum absolute atomic E-state index is 14.2.